The van der Waals surface area contributed by atoms with Gasteiger partial charge in [0.15, 0.2) is 5.13 Å². The third-order valence-corrected chi connectivity index (χ3v) is 5.19. The van der Waals surface area contributed by atoms with Gasteiger partial charge in [0.2, 0.25) is 0 Å². The third kappa shape index (κ3) is 4.31. The van der Waals surface area contributed by atoms with Gasteiger partial charge in [0.25, 0.3) is 5.91 Å². The van der Waals surface area contributed by atoms with E-state index in [1.807, 2.05) is 18.2 Å². The number of rotatable bonds is 7. The molecule has 0 spiro atoms. The number of amides is 1. The molecule has 146 valence electrons. The van der Waals surface area contributed by atoms with Gasteiger partial charge in [-0.1, -0.05) is 13.3 Å². The van der Waals surface area contributed by atoms with E-state index in [1.54, 1.807) is 14.2 Å². The van der Waals surface area contributed by atoms with E-state index in [0.717, 1.165) is 29.0 Å². The number of hydrogen-bond acceptors (Lipinski definition) is 5. The Kier molecular flexibility index (Phi) is 6.26. The van der Waals surface area contributed by atoms with Crippen LogP contribution in [-0.4, -0.2) is 25.1 Å². The molecule has 0 aliphatic rings. The maximum absolute atomic E-state index is 13.1. The maximum Gasteiger partial charge on any atom is 0.257 e. The maximum atomic E-state index is 13.1. The van der Waals surface area contributed by atoms with E-state index in [2.05, 4.69) is 17.2 Å². The van der Waals surface area contributed by atoms with E-state index >= 15 is 0 Å². The van der Waals surface area contributed by atoms with E-state index in [0.29, 0.717) is 22.2 Å². The predicted molar refractivity (Wildman–Crippen MR) is 109 cm³/mol. The van der Waals surface area contributed by atoms with Crippen LogP contribution >= 0.6 is 11.3 Å². The van der Waals surface area contributed by atoms with Gasteiger partial charge in [0, 0.05) is 16.0 Å². The van der Waals surface area contributed by atoms with Crippen molar-refractivity contribution in [3.05, 3.63) is 58.7 Å². The fourth-order valence-electron chi connectivity index (χ4n) is 2.78. The minimum Gasteiger partial charge on any atom is -0.497 e. The first-order chi connectivity index (χ1) is 13.5. The number of methoxy groups -OCH3 is 2. The number of benzene rings is 2. The molecule has 1 aromatic heterocycles. The first-order valence-electron chi connectivity index (χ1n) is 8.84. The Morgan fingerprint density at radius 1 is 1.14 bits per heavy atom. The number of aryl methyl sites for hydroxylation is 1. The highest BCUT2D eigenvalue weighted by atomic mass is 32.1. The van der Waals surface area contributed by atoms with Crippen molar-refractivity contribution in [2.24, 2.45) is 0 Å². The van der Waals surface area contributed by atoms with Gasteiger partial charge in [0.05, 0.1) is 19.9 Å². The number of thiazole rings is 1. The molecule has 7 heteroatoms. The molecule has 3 rings (SSSR count). The Bertz CT molecular complexity index is 970. The van der Waals surface area contributed by atoms with Gasteiger partial charge in [-0.15, -0.1) is 11.3 Å². The van der Waals surface area contributed by atoms with Gasteiger partial charge in [0.1, 0.15) is 17.3 Å². The van der Waals surface area contributed by atoms with Crippen molar-refractivity contribution in [3.8, 4) is 22.8 Å². The molecular formula is C21H21FN2O3S. The molecule has 1 N–H and O–H groups in total. The minimum absolute atomic E-state index is 0.332. The topological polar surface area (TPSA) is 60.5 Å². The molecular weight excluding hydrogens is 379 g/mol. The molecule has 0 aliphatic carbocycles. The van der Waals surface area contributed by atoms with Crippen LogP contribution in [0.4, 0.5) is 9.52 Å². The largest absolute Gasteiger partial charge is 0.497 e. The van der Waals surface area contributed by atoms with E-state index in [1.165, 1.54) is 35.6 Å². The van der Waals surface area contributed by atoms with Crippen LogP contribution in [0.3, 0.4) is 0 Å². The summed E-state index contributed by atoms with van der Waals surface area (Å²) in [6.07, 6.45) is 1.76. The second-order valence-corrected chi connectivity index (χ2v) is 7.15. The number of nitrogens with one attached hydrogen (secondary N) is 1. The van der Waals surface area contributed by atoms with Crippen molar-refractivity contribution in [2.75, 3.05) is 19.5 Å². The smallest absolute Gasteiger partial charge is 0.257 e. The summed E-state index contributed by atoms with van der Waals surface area (Å²) in [6.45, 7) is 2.09. The highest BCUT2D eigenvalue weighted by molar-refractivity contribution is 7.16. The summed E-state index contributed by atoms with van der Waals surface area (Å²) in [6, 6.07) is 10.9. The molecule has 0 unspecified atom stereocenters. The van der Waals surface area contributed by atoms with E-state index in [9.17, 15) is 9.18 Å². The molecule has 0 fully saturated rings. The summed E-state index contributed by atoms with van der Waals surface area (Å²) in [5.41, 5.74) is 1.94. The van der Waals surface area contributed by atoms with Gasteiger partial charge in [-0.05, 0) is 48.9 Å². The SMILES string of the molecule is CCCc1sc(NC(=O)c2ccc(F)cc2)nc1-c1cc(OC)ccc1OC. The number of carbonyl (C=O) groups is 1. The zero-order valence-electron chi connectivity index (χ0n) is 15.9. The summed E-state index contributed by atoms with van der Waals surface area (Å²) in [5, 5.41) is 3.29. The van der Waals surface area contributed by atoms with Crippen molar-refractivity contribution in [1.82, 2.24) is 4.98 Å². The standard InChI is InChI=1S/C21H21FN2O3S/c1-4-5-18-19(16-12-15(26-2)10-11-17(16)27-3)23-21(28-18)24-20(25)13-6-8-14(22)9-7-13/h6-12H,4-5H2,1-3H3,(H,23,24,25). The van der Waals surface area contributed by atoms with Crippen LogP contribution in [0.5, 0.6) is 11.5 Å². The molecule has 1 heterocycles. The fraction of sp³-hybridized carbons (Fsp3) is 0.238. The Labute approximate surface area is 167 Å². The fourth-order valence-corrected chi connectivity index (χ4v) is 3.85. The zero-order chi connectivity index (χ0) is 20.1. The lowest BCUT2D eigenvalue weighted by atomic mass is 10.1. The monoisotopic (exact) mass is 400 g/mol. The molecule has 0 saturated carbocycles. The Morgan fingerprint density at radius 3 is 2.54 bits per heavy atom. The van der Waals surface area contributed by atoms with E-state index < -0.39 is 0 Å². The Hall–Kier alpha value is -2.93. The summed E-state index contributed by atoms with van der Waals surface area (Å²) in [7, 11) is 3.21. The first-order valence-corrected chi connectivity index (χ1v) is 9.66. The number of aromatic nitrogens is 1. The molecule has 0 saturated heterocycles. The van der Waals surface area contributed by atoms with Crippen LogP contribution in [-0.2, 0) is 6.42 Å². The minimum atomic E-state index is -0.386. The third-order valence-electron chi connectivity index (χ3n) is 4.16. The van der Waals surface area contributed by atoms with Crippen LogP contribution in [0.2, 0.25) is 0 Å². The summed E-state index contributed by atoms with van der Waals surface area (Å²) in [5.74, 6) is 0.660. The number of anilines is 1. The summed E-state index contributed by atoms with van der Waals surface area (Å²) >= 11 is 1.42. The molecule has 2 aromatic carbocycles. The number of hydrogen-bond donors (Lipinski definition) is 1. The van der Waals surface area contributed by atoms with E-state index in [-0.39, 0.29) is 11.7 Å². The second kappa shape index (κ2) is 8.84. The van der Waals surface area contributed by atoms with Gasteiger partial charge >= 0.3 is 0 Å². The lowest BCUT2D eigenvalue weighted by molar-refractivity contribution is 0.102. The molecule has 28 heavy (non-hydrogen) atoms. The highest BCUT2D eigenvalue weighted by Gasteiger charge is 2.19. The van der Waals surface area contributed by atoms with Crippen molar-refractivity contribution in [3.63, 3.8) is 0 Å². The Morgan fingerprint density at radius 2 is 1.89 bits per heavy atom. The van der Waals surface area contributed by atoms with Gasteiger partial charge in [-0.25, -0.2) is 9.37 Å². The second-order valence-electron chi connectivity index (χ2n) is 6.07. The van der Waals surface area contributed by atoms with Crippen LogP contribution in [0.1, 0.15) is 28.6 Å². The van der Waals surface area contributed by atoms with Gasteiger partial charge < -0.3 is 9.47 Å². The van der Waals surface area contributed by atoms with Crippen molar-refractivity contribution < 1.29 is 18.7 Å². The molecule has 1 amide bonds. The predicted octanol–water partition coefficient (Wildman–Crippen LogP) is 5.17. The lowest BCUT2D eigenvalue weighted by Gasteiger charge is -2.10. The van der Waals surface area contributed by atoms with Crippen molar-refractivity contribution in [2.45, 2.75) is 19.8 Å². The van der Waals surface area contributed by atoms with Gasteiger partial charge in [-0.3, -0.25) is 10.1 Å². The van der Waals surface area contributed by atoms with Crippen LogP contribution in [0.25, 0.3) is 11.3 Å². The molecule has 0 aliphatic heterocycles. The van der Waals surface area contributed by atoms with Crippen LogP contribution in [0.15, 0.2) is 42.5 Å². The molecule has 3 aromatic rings. The number of halogens is 1. The van der Waals surface area contributed by atoms with Gasteiger partial charge in [-0.2, -0.15) is 0 Å². The molecule has 0 radical (unpaired) electrons. The van der Waals surface area contributed by atoms with E-state index in [4.69, 9.17) is 9.47 Å². The van der Waals surface area contributed by atoms with Crippen LogP contribution in [0, 0.1) is 5.82 Å². The highest BCUT2D eigenvalue weighted by Crippen LogP contribution is 2.39. The number of ether oxygens (including phenoxy) is 2. The zero-order valence-corrected chi connectivity index (χ0v) is 16.7. The summed E-state index contributed by atoms with van der Waals surface area (Å²) in [4.78, 5) is 18.1. The normalized spacial score (nSPS) is 10.6. The molecule has 0 bridgehead atoms. The number of nitrogens with zero attached hydrogens (tertiary/aromatic N) is 1. The molecule has 0 atom stereocenters. The lowest BCUT2D eigenvalue weighted by Crippen LogP contribution is -2.11. The quantitative estimate of drug-likeness (QED) is 0.594. The number of carbonyl (C=O) groups excluding carboxylic acids is 1. The molecule has 5 nitrogen and oxygen atoms in total. The Balaban J connectivity index is 1.96. The average molecular weight is 400 g/mol. The van der Waals surface area contributed by atoms with Crippen LogP contribution < -0.4 is 14.8 Å². The summed E-state index contributed by atoms with van der Waals surface area (Å²) < 4.78 is 23.9. The van der Waals surface area contributed by atoms with Crippen molar-refractivity contribution in [1.29, 1.82) is 0 Å². The average Bonchev–Trinajstić information content (AvgIpc) is 3.10. The van der Waals surface area contributed by atoms with Crippen molar-refractivity contribution >= 4 is 22.4 Å². The first kappa shape index (κ1) is 19.8.